The Kier molecular flexibility index (Phi) is 2.06. The summed E-state index contributed by atoms with van der Waals surface area (Å²) in [4.78, 5) is 23.1. The summed E-state index contributed by atoms with van der Waals surface area (Å²) in [7, 11) is 1.58. The SMILES string of the molecule is CNC(=O)c1cnc2ncncc2c1. The largest absolute Gasteiger partial charge is 0.355 e. The van der Waals surface area contributed by atoms with Gasteiger partial charge in [0.05, 0.1) is 5.56 Å². The van der Waals surface area contributed by atoms with Crippen LogP contribution in [0.25, 0.3) is 11.0 Å². The van der Waals surface area contributed by atoms with Gasteiger partial charge in [0.1, 0.15) is 6.33 Å². The molecular weight excluding hydrogens is 180 g/mol. The average molecular weight is 188 g/mol. The Morgan fingerprint density at radius 2 is 2.21 bits per heavy atom. The van der Waals surface area contributed by atoms with Gasteiger partial charge in [-0.15, -0.1) is 0 Å². The lowest BCUT2D eigenvalue weighted by molar-refractivity contribution is 0.0963. The van der Waals surface area contributed by atoms with E-state index in [0.29, 0.717) is 11.2 Å². The first-order valence-electron chi connectivity index (χ1n) is 4.09. The second-order valence-electron chi connectivity index (χ2n) is 2.74. The van der Waals surface area contributed by atoms with Crippen molar-refractivity contribution in [2.45, 2.75) is 0 Å². The maximum Gasteiger partial charge on any atom is 0.252 e. The van der Waals surface area contributed by atoms with Gasteiger partial charge in [0.15, 0.2) is 5.65 Å². The van der Waals surface area contributed by atoms with E-state index in [1.54, 1.807) is 19.3 Å². The number of hydrogen-bond acceptors (Lipinski definition) is 4. The number of nitrogens with zero attached hydrogens (tertiary/aromatic N) is 3. The Morgan fingerprint density at radius 3 is 3.00 bits per heavy atom. The standard InChI is InChI=1S/C9H8N4O/c1-10-9(14)7-2-6-3-11-5-13-8(6)12-4-7/h2-5H,1H3,(H,10,14). The van der Waals surface area contributed by atoms with Gasteiger partial charge in [0, 0.05) is 24.8 Å². The molecule has 0 unspecified atom stereocenters. The van der Waals surface area contributed by atoms with E-state index in [2.05, 4.69) is 20.3 Å². The van der Waals surface area contributed by atoms with Crippen molar-refractivity contribution in [1.82, 2.24) is 20.3 Å². The monoisotopic (exact) mass is 188 g/mol. The first-order valence-corrected chi connectivity index (χ1v) is 4.09. The summed E-state index contributed by atoms with van der Waals surface area (Å²) in [6.07, 6.45) is 4.55. The van der Waals surface area contributed by atoms with Crippen molar-refractivity contribution in [2.75, 3.05) is 7.05 Å². The van der Waals surface area contributed by atoms with Crippen LogP contribution in [-0.2, 0) is 0 Å². The lowest BCUT2D eigenvalue weighted by Crippen LogP contribution is -2.17. The molecule has 0 spiro atoms. The molecule has 1 N–H and O–H groups in total. The minimum atomic E-state index is -0.164. The molecule has 0 atom stereocenters. The second-order valence-corrected chi connectivity index (χ2v) is 2.74. The van der Waals surface area contributed by atoms with E-state index in [0.717, 1.165) is 5.39 Å². The van der Waals surface area contributed by atoms with E-state index in [1.807, 2.05) is 0 Å². The van der Waals surface area contributed by atoms with Crippen molar-refractivity contribution >= 4 is 16.9 Å². The van der Waals surface area contributed by atoms with Crippen molar-refractivity contribution in [3.63, 3.8) is 0 Å². The van der Waals surface area contributed by atoms with E-state index in [4.69, 9.17) is 0 Å². The first-order chi connectivity index (χ1) is 6.81. The summed E-state index contributed by atoms with van der Waals surface area (Å²) < 4.78 is 0. The van der Waals surface area contributed by atoms with Crippen LogP contribution in [0.5, 0.6) is 0 Å². The third kappa shape index (κ3) is 1.39. The first kappa shape index (κ1) is 8.55. The zero-order valence-electron chi connectivity index (χ0n) is 7.56. The van der Waals surface area contributed by atoms with Crippen LogP contribution in [0.3, 0.4) is 0 Å². The molecule has 0 aliphatic carbocycles. The van der Waals surface area contributed by atoms with Crippen molar-refractivity contribution < 1.29 is 4.79 Å². The predicted octanol–water partition coefficient (Wildman–Crippen LogP) is 0.384. The number of amides is 1. The van der Waals surface area contributed by atoms with Crippen molar-refractivity contribution in [3.05, 3.63) is 30.4 Å². The van der Waals surface area contributed by atoms with Gasteiger partial charge in [0.2, 0.25) is 0 Å². The van der Waals surface area contributed by atoms with Gasteiger partial charge in [-0.3, -0.25) is 4.79 Å². The minimum Gasteiger partial charge on any atom is -0.355 e. The molecule has 0 aliphatic rings. The van der Waals surface area contributed by atoms with Crippen LogP contribution in [0, 0.1) is 0 Å². The fourth-order valence-electron chi connectivity index (χ4n) is 1.15. The van der Waals surface area contributed by atoms with E-state index >= 15 is 0 Å². The highest BCUT2D eigenvalue weighted by Gasteiger charge is 2.04. The lowest BCUT2D eigenvalue weighted by Gasteiger charge is -1.99. The smallest absolute Gasteiger partial charge is 0.252 e. The molecule has 14 heavy (non-hydrogen) atoms. The van der Waals surface area contributed by atoms with Crippen LogP contribution in [0.1, 0.15) is 10.4 Å². The number of hydrogen-bond donors (Lipinski definition) is 1. The summed E-state index contributed by atoms with van der Waals surface area (Å²) in [6, 6.07) is 1.71. The van der Waals surface area contributed by atoms with Crippen molar-refractivity contribution in [2.24, 2.45) is 0 Å². The summed E-state index contributed by atoms with van der Waals surface area (Å²) in [5.41, 5.74) is 1.10. The Labute approximate surface area is 80.2 Å². The maximum absolute atomic E-state index is 11.3. The fourth-order valence-corrected chi connectivity index (χ4v) is 1.15. The molecule has 70 valence electrons. The Hall–Kier alpha value is -2.04. The normalized spacial score (nSPS) is 10.1. The summed E-state index contributed by atoms with van der Waals surface area (Å²) >= 11 is 0. The summed E-state index contributed by atoms with van der Waals surface area (Å²) in [5, 5.41) is 3.28. The van der Waals surface area contributed by atoms with Gasteiger partial charge in [-0.2, -0.15) is 0 Å². The predicted molar refractivity (Wildman–Crippen MR) is 50.7 cm³/mol. The van der Waals surface area contributed by atoms with Gasteiger partial charge in [-0.25, -0.2) is 15.0 Å². The van der Waals surface area contributed by atoms with Crippen LogP contribution in [-0.4, -0.2) is 27.9 Å². The van der Waals surface area contributed by atoms with Crippen molar-refractivity contribution in [3.8, 4) is 0 Å². The van der Waals surface area contributed by atoms with Gasteiger partial charge < -0.3 is 5.32 Å². The zero-order valence-corrected chi connectivity index (χ0v) is 7.56. The molecule has 5 nitrogen and oxygen atoms in total. The third-order valence-electron chi connectivity index (χ3n) is 1.84. The fraction of sp³-hybridized carbons (Fsp3) is 0.111. The molecule has 0 saturated carbocycles. The highest BCUT2D eigenvalue weighted by Crippen LogP contribution is 2.08. The molecule has 2 rings (SSSR count). The number of carbonyl (C=O) groups is 1. The molecule has 0 bridgehead atoms. The Balaban J connectivity index is 2.56. The lowest BCUT2D eigenvalue weighted by atomic mass is 10.2. The van der Waals surface area contributed by atoms with Gasteiger partial charge in [0.25, 0.3) is 5.91 Å². The van der Waals surface area contributed by atoms with E-state index in [1.165, 1.54) is 12.5 Å². The van der Waals surface area contributed by atoms with Gasteiger partial charge in [-0.05, 0) is 6.07 Å². The summed E-state index contributed by atoms with van der Waals surface area (Å²) in [6.45, 7) is 0. The molecule has 1 amide bonds. The van der Waals surface area contributed by atoms with Crippen LogP contribution < -0.4 is 5.32 Å². The molecular formula is C9H8N4O. The second kappa shape index (κ2) is 3.37. The minimum absolute atomic E-state index is 0.164. The number of carbonyl (C=O) groups excluding carboxylic acids is 1. The van der Waals surface area contributed by atoms with Gasteiger partial charge >= 0.3 is 0 Å². The topological polar surface area (TPSA) is 67.8 Å². The molecule has 0 radical (unpaired) electrons. The van der Waals surface area contributed by atoms with Crippen molar-refractivity contribution in [1.29, 1.82) is 0 Å². The number of nitrogens with one attached hydrogen (secondary N) is 1. The molecule has 2 heterocycles. The number of aromatic nitrogens is 3. The number of pyridine rings is 1. The average Bonchev–Trinajstić information content (AvgIpc) is 2.27. The molecule has 0 saturated heterocycles. The van der Waals surface area contributed by atoms with E-state index in [-0.39, 0.29) is 5.91 Å². The molecule has 2 aromatic heterocycles. The van der Waals surface area contributed by atoms with E-state index < -0.39 is 0 Å². The van der Waals surface area contributed by atoms with Crippen LogP contribution in [0.2, 0.25) is 0 Å². The highest BCUT2D eigenvalue weighted by atomic mass is 16.1. The Morgan fingerprint density at radius 1 is 1.36 bits per heavy atom. The number of rotatable bonds is 1. The van der Waals surface area contributed by atoms with Crippen LogP contribution in [0.15, 0.2) is 24.8 Å². The molecule has 5 heteroatoms. The molecule has 0 aromatic carbocycles. The molecule has 2 aromatic rings. The summed E-state index contributed by atoms with van der Waals surface area (Å²) in [5.74, 6) is -0.164. The quantitative estimate of drug-likeness (QED) is 0.702. The van der Waals surface area contributed by atoms with Gasteiger partial charge in [-0.1, -0.05) is 0 Å². The highest BCUT2D eigenvalue weighted by molar-refractivity contribution is 5.96. The third-order valence-corrected chi connectivity index (χ3v) is 1.84. The Bertz CT molecular complexity index is 483. The molecule has 0 aliphatic heterocycles. The molecule has 0 fully saturated rings. The zero-order chi connectivity index (χ0) is 9.97. The van der Waals surface area contributed by atoms with Crippen LogP contribution >= 0.6 is 0 Å². The van der Waals surface area contributed by atoms with Crippen LogP contribution in [0.4, 0.5) is 0 Å². The van der Waals surface area contributed by atoms with E-state index in [9.17, 15) is 4.79 Å². The maximum atomic E-state index is 11.3. The number of fused-ring (bicyclic) bond motifs is 1.